The van der Waals surface area contributed by atoms with Crippen molar-refractivity contribution in [2.24, 2.45) is 5.92 Å². The van der Waals surface area contributed by atoms with Gasteiger partial charge in [0.05, 0.1) is 41.0 Å². The summed E-state index contributed by atoms with van der Waals surface area (Å²) in [5.74, 6) is -0.184. The molecule has 37 heavy (non-hydrogen) atoms. The third-order valence-electron chi connectivity index (χ3n) is 5.69. The van der Waals surface area contributed by atoms with E-state index in [0.717, 1.165) is 17.5 Å². The van der Waals surface area contributed by atoms with E-state index in [1.807, 2.05) is 0 Å². The lowest BCUT2D eigenvalue weighted by atomic mass is 10.1. The number of hydrogen-bond acceptors (Lipinski definition) is 8. The molecular weight excluding hydrogens is 474 g/mol. The van der Waals surface area contributed by atoms with Crippen molar-refractivity contribution >= 4 is 34.0 Å². The number of benzene rings is 2. The Labute approximate surface area is 214 Å². The molecule has 0 unspecified atom stereocenters. The number of nitrogens with two attached hydrogens (primary N) is 1. The minimum Gasteiger partial charge on any atom is -0.492 e. The third-order valence-corrected chi connectivity index (χ3v) is 5.69. The van der Waals surface area contributed by atoms with Crippen LogP contribution in [0, 0.1) is 17.2 Å². The van der Waals surface area contributed by atoms with Crippen molar-refractivity contribution < 1.29 is 19.1 Å². The molecule has 1 saturated carbocycles. The molecule has 4 rings (SSSR count). The number of nitrogens with zero attached hydrogens (tertiary/aromatic N) is 3. The minimum absolute atomic E-state index is 0.198. The van der Waals surface area contributed by atoms with Crippen LogP contribution in [0.1, 0.15) is 44.9 Å². The fourth-order valence-electron chi connectivity index (χ4n) is 3.79. The summed E-state index contributed by atoms with van der Waals surface area (Å²) in [5, 5.41) is 17.4. The largest absolute Gasteiger partial charge is 0.492 e. The molecule has 0 bridgehead atoms. The highest BCUT2D eigenvalue weighted by Crippen LogP contribution is 2.33. The SMILES string of the molecule is CC(C)(C)OC(=O)Cn1nc(CC(=O)Nc2cc(C#N)c(OCC3CC3)cc2N)c2ccccc2c1=O. The van der Waals surface area contributed by atoms with Gasteiger partial charge in [-0.05, 0) is 51.7 Å². The number of aromatic nitrogens is 2. The third kappa shape index (κ3) is 6.44. The molecule has 1 amide bonds. The highest BCUT2D eigenvalue weighted by Gasteiger charge is 2.23. The van der Waals surface area contributed by atoms with E-state index < -0.39 is 29.6 Å². The van der Waals surface area contributed by atoms with E-state index in [0.29, 0.717) is 34.7 Å². The highest BCUT2D eigenvalue weighted by atomic mass is 16.6. The van der Waals surface area contributed by atoms with Gasteiger partial charge in [0, 0.05) is 11.5 Å². The molecule has 0 atom stereocenters. The summed E-state index contributed by atoms with van der Waals surface area (Å²) >= 11 is 0. The molecule has 3 aromatic rings. The average Bonchev–Trinajstić information content (AvgIpc) is 3.65. The molecule has 1 heterocycles. The van der Waals surface area contributed by atoms with Crippen molar-refractivity contribution in [2.45, 2.75) is 52.2 Å². The molecule has 10 nitrogen and oxygen atoms in total. The molecule has 192 valence electrons. The average molecular weight is 504 g/mol. The molecule has 1 fully saturated rings. The Morgan fingerprint density at radius 1 is 1.22 bits per heavy atom. The number of amides is 1. The Balaban J connectivity index is 1.57. The van der Waals surface area contributed by atoms with Crippen LogP contribution in [0.25, 0.3) is 10.8 Å². The smallest absolute Gasteiger partial charge is 0.328 e. The van der Waals surface area contributed by atoms with Crippen molar-refractivity contribution in [1.82, 2.24) is 9.78 Å². The van der Waals surface area contributed by atoms with Crippen LogP contribution in [0.4, 0.5) is 11.4 Å². The van der Waals surface area contributed by atoms with Gasteiger partial charge >= 0.3 is 5.97 Å². The van der Waals surface area contributed by atoms with Crippen LogP contribution >= 0.6 is 0 Å². The molecule has 0 saturated heterocycles. The van der Waals surface area contributed by atoms with Crippen LogP contribution in [0.15, 0.2) is 41.2 Å². The van der Waals surface area contributed by atoms with Gasteiger partial charge < -0.3 is 20.5 Å². The zero-order chi connectivity index (χ0) is 26.7. The van der Waals surface area contributed by atoms with Gasteiger partial charge in [0.25, 0.3) is 5.56 Å². The van der Waals surface area contributed by atoms with Crippen molar-refractivity contribution in [3.05, 3.63) is 58.0 Å². The van der Waals surface area contributed by atoms with E-state index in [-0.39, 0.29) is 23.4 Å². The van der Waals surface area contributed by atoms with E-state index in [1.54, 1.807) is 45.0 Å². The molecule has 1 aromatic heterocycles. The summed E-state index contributed by atoms with van der Waals surface area (Å²) in [6.45, 7) is 5.32. The van der Waals surface area contributed by atoms with Gasteiger partial charge in [0.1, 0.15) is 24.0 Å². The number of nitrogen functional groups attached to an aromatic ring is 1. The summed E-state index contributed by atoms with van der Waals surface area (Å²) in [4.78, 5) is 38.3. The van der Waals surface area contributed by atoms with Crippen LogP contribution in [0.5, 0.6) is 5.75 Å². The highest BCUT2D eigenvalue weighted by molar-refractivity contribution is 5.97. The van der Waals surface area contributed by atoms with Crippen molar-refractivity contribution in [3.8, 4) is 11.8 Å². The number of fused-ring (bicyclic) bond motifs is 1. The summed E-state index contributed by atoms with van der Waals surface area (Å²) in [7, 11) is 0. The lowest BCUT2D eigenvalue weighted by molar-refractivity contribution is -0.155. The Morgan fingerprint density at radius 3 is 2.57 bits per heavy atom. The van der Waals surface area contributed by atoms with Gasteiger partial charge in [-0.15, -0.1) is 0 Å². The monoisotopic (exact) mass is 503 g/mol. The summed E-state index contributed by atoms with van der Waals surface area (Å²) in [5.41, 5.74) is 6.04. The first kappa shape index (κ1) is 25.7. The van der Waals surface area contributed by atoms with Crippen LogP contribution in [-0.2, 0) is 27.3 Å². The molecule has 2 aromatic carbocycles. The van der Waals surface area contributed by atoms with Crippen molar-refractivity contribution in [1.29, 1.82) is 5.26 Å². The van der Waals surface area contributed by atoms with E-state index in [2.05, 4.69) is 16.5 Å². The number of nitrogens with one attached hydrogen (secondary N) is 1. The van der Waals surface area contributed by atoms with E-state index in [4.69, 9.17) is 15.2 Å². The summed E-state index contributed by atoms with van der Waals surface area (Å²) in [6, 6.07) is 11.8. The first-order valence-electron chi connectivity index (χ1n) is 12.0. The van der Waals surface area contributed by atoms with Gasteiger partial charge in [0.2, 0.25) is 5.91 Å². The minimum atomic E-state index is -0.721. The maximum absolute atomic E-state index is 13.0. The van der Waals surface area contributed by atoms with Crippen LogP contribution < -0.4 is 21.3 Å². The Bertz CT molecular complexity index is 1460. The fraction of sp³-hybridized carbons (Fsp3) is 0.370. The summed E-state index contributed by atoms with van der Waals surface area (Å²) < 4.78 is 12.1. The number of nitriles is 1. The second kappa shape index (κ2) is 10.3. The van der Waals surface area contributed by atoms with E-state index >= 15 is 0 Å². The van der Waals surface area contributed by atoms with Crippen molar-refractivity contribution in [2.75, 3.05) is 17.7 Å². The molecule has 0 spiro atoms. The lowest BCUT2D eigenvalue weighted by Crippen LogP contribution is -2.33. The van der Waals surface area contributed by atoms with Gasteiger partial charge in [-0.2, -0.15) is 10.4 Å². The number of carbonyl (C=O) groups is 2. The molecule has 1 aliphatic carbocycles. The summed E-state index contributed by atoms with van der Waals surface area (Å²) in [6.07, 6.45) is 2.02. The van der Waals surface area contributed by atoms with E-state index in [1.165, 1.54) is 12.1 Å². The van der Waals surface area contributed by atoms with Crippen LogP contribution in [0.2, 0.25) is 0 Å². The number of hydrogen-bond donors (Lipinski definition) is 2. The molecule has 0 aliphatic heterocycles. The van der Waals surface area contributed by atoms with E-state index in [9.17, 15) is 19.6 Å². The Hall–Kier alpha value is -4.39. The van der Waals surface area contributed by atoms with Gasteiger partial charge in [0.15, 0.2) is 0 Å². The number of carbonyl (C=O) groups excluding carboxylic acids is 2. The second-order valence-electron chi connectivity index (χ2n) is 10.1. The molecular formula is C27H29N5O5. The zero-order valence-corrected chi connectivity index (χ0v) is 21.0. The number of esters is 1. The number of ether oxygens (including phenoxy) is 2. The topological polar surface area (TPSA) is 149 Å². The second-order valence-corrected chi connectivity index (χ2v) is 10.1. The molecule has 0 radical (unpaired) electrons. The zero-order valence-electron chi connectivity index (χ0n) is 21.0. The fourth-order valence-corrected chi connectivity index (χ4v) is 3.79. The first-order valence-corrected chi connectivity index (χ1v) is 12.0. The number of rotatable bonds is 8. The van der Waals surface area contributed by atoms with Crippen LogP contribution in [0.3, 0.4) is 0 Å². The maximum Gasteiger partial charge on any atom is 0.328 e. The normalized spacial score (nSPS) is 13.1. The van der Waals surface area contributed by atoms with Crippen molar-refractivity contribution in [3.63, 3.8) is 0 Å². The quantitative estimate of drug-likeness (QED) is 0.352. The standard InChI is InChI=1S/C27H29N5O5/c1-27(2,3)37-25(34)14-32-26(35)19-7-5-4-6-18(19)21(31-32)12-24(33)30-22-10-17(13-28)23(11-20(22)29)36-15-16-8-9-16/h4-7,10-11,16H,8-9,12,14-15,29H2,1-3H3,(H,30,33). The maximum atomic E-state index is 13.0. The Morgan fingerprint density at radius 2 is 1.92 bits per heavy atom. The van der Waals surface area contributed by atoms with Gasteiger partial charge in [-0.3, -0.25) is 14.4 Å². The molecule has 10 heteroatoms. The Kier molecular flexibility index (Phi) is 7.16. The molecule has 3 N–H and O–H groups in total. The van der Waals surface area contributed by atoms with Gasteiger partial charge in [-0.1, -0.05) is 18.2 Å². The molecule has 1 aliphatic rings. The number of anilines is 2. The predicted molar refractivity (Wildman–Crippen MR) is 138 cm³/mol. The first-order chi connectivity index (χ1) is 17.5. The van der Waals surface area contributed by atoms with Crippen LogP contribution in [-0.4, -0.2) is 33.9 Å². The lowest BCUT2D eigenvalue weighted by Gasteiger charge is -2.19. The predicted octanol–water partition coefficient (Wildman–Crippen LogP) is 3.16. The van der Waals surface area contributed by atoms with Gasteiger partial charge in [-0.25, -0.2) is 4.68 Å².